The van der Waals surface area contributed by atoms with Crippen LogP contribution in [-0.4, -0.2) is 14.1 Å². The predicted octanol–water partition coefficient (Wildman–Crippen LogP) is 3.98. The van der Waals surface area contributed by atoms with Crippen molar-refractivity contribution in [2.24, 2.45) is 0 Å². The van der Waals surface area contributed by atoms with Crippen LogP contribution < -0.4 is 10.2 Å². The first-order chi connectivity index (χ1) is 9.51. The lowest BCUT2D eigenvalue weighted by atomic mass is 10.1. The molecule has 20 heavy (non-hydrogen) atoms. The molecule has 0 bridgehead atoms. The van der Waals surface area contributed by atoms with Gasteiger partial charge in [-0.05, 0) is 55.3 Å². The monoisotopic (exact) mass is 265 g/mol. The van der Waals surface area contributed by atoms with Gasteiger partial charge in [-0.1, -0.05) is 6.07 Å². The molecule has 0 aromatic heterocycles. The summed E-state index contributed by atoms with van der Waals surface area (Å²) >= 11 is 0. The van der Waals surface area contributed by atoms with Crippen LogP contribution in [0, 0.1) is 25.2 Å². The zero-order valence-electron chi connectivity index (χ0n) is 12.4. The highest BCUT2D eigenvalue weighted by Gasteiger charge is 2.04. The number of nitriles is 1. The number of hydrogen-bond donors (Lipinski definition) is 1. The number of aryl methyl sites for hydroxylation is 2. The van der Waals surface area contributed by atoms with Crippen LogP contribution in [0.1, 0.15) is 16.7 Å². The van der Waals surface area contributed by atoms with Crippen molar-refractivity contribution >= 4 is 17.1 Å². The minimum Gasteiger partial charge on any atom is -0.377 e. The van der Waals surface area contributed by atoms with Gasteiger partial charge < -0.3 is 10.2 Å². The zero-order chi connectivity index (χ0) is 14.7. The molecule has 0 saturated carbocycles. The van der Waals surface area contributed by atoms with E-state index >= 15 is 0 Å². The molecule has 0 unspecified atom stereocenters. The molecule has 2 aromatic carbocycles. The Morgan fingerprint density at radius 2 is 1.60 bits per heavy atom. The van der Waals surface area contributed by atoms with E-state index in [0.29, 0.717) is 5.56 Å². The van der Waals surface area contributed by atoms with E-state index in [1.165, 1.54) is 11.3 Å². The highest BCUT2D eigenvalue weighted by atomic mass is 15.1. The molecule has 2 rings (SSSR count). The number of anilines is 3. The molecule has 0 heterocycles. The molecule has 0 atom stereocenters. The first-order valence-corrected chi connectivity index (χ1v) is 6.57. The summed E-state index contributed by atoms with van der Waals surface area (Å²) in [7, 11) is 4.08. The van der Waals surface area contributed by atoms with Crippen molar-refractivity contribution in [2.45, 2.75) is 13.8 Å². The van der Waals surface area contributed by atoms with E-state index in [1.807, 2.05) is 39.2 Å². The first kappa shape index (κ1) is 14.0. The van der Waals surface area contributed by atoms with Gasteiger partial charge in [0.25, 0.3) is 0 Å². The van der Waals surface area contributed by atoms with Crippen LogP contribution in [0.3, 0.4) is 0 Å². The fraction of sp³-hybridized carbons (Fsp3) is 0.235. The molecule has 0 aliphatic rings. The Bertz CT molecular complexity index is 666. The molecule has 1 N–H and O–H groups in total. The van der Waals surface area contributed by atoms with Crippen molar-refractivity contribution in [3.05, 3.63) is 53.1 Å². The Morgan fingerprint density at radius 3 is 2.20 bits per heavy atom. The molecule has 3 heteroatoms. The van der Waals surface area contributed by atoms with Gasteiger partial charge in [0.2, 0.25) is 0 Å². The third-order valence-electron chi connectivity index (χ3n) is 3.33. The van der Waals surface area contributed by atoms with Crippen LogP contribution in [-0.2, 0) is 0 Å². The molecule has 0 fully saturated rings. The first-order valence-electron chi connectivity index (χ1n) is 6.57. The van der Waals surface area contributed by atoms with Crippen molar-refractivity contribution in [3.63, 3.8) is 0 Å². The summed E-state index contributed by atoms with van der Waals surface area (Å²) in [5.41, 5.74) is 6.18. The van der Waals surface area contributed by atoms with Crippen molar-refractivity contribution in [1.82, 2.24) is 0 Å². The molecular weight excluding hydrogens is 246 g/mol. The normalized spacial score (nSPS) is 9.95. The van der Waals surface area contributed by atoms with Gasteiger partial charge in [0.15, 0.2) is 0 Å². The van der Waals surface area contributed by atoms with Gasteiger partial charge in [0.1, 0.15) is 0 Å². The van der Waals surface area contributed by atoms with Gasteiger partial charge in [0.05, 0.1) is 11.6 Å². The fourth-order valence-electron chi connectivity index (χ4n) is 2.20. The lowest BCUT2D eigenvalue weighted by Crippen LogP contribution is -2.10. The maximum atomic E-state index is 8.95. The lowest BCUT2D eigenvalue weighted by molar-refractivity contribution is 1.11. The van der Waals surface area contributed by atoms with Gasteiger partial charge in [0, 0.05) is 31.2 Å². The number of benzene rings is 2. The summed E-state index contributed by atoms with van der Waals surface area (Å²) in [6, 6.07) is 14.3. The van der Waals surface area contributed by atoms with Gasteiger partial charge in [-0.2, -0.15) is 5.26 Å². The summed E-state index contributed by atoms with van der Waals surface area (Å²) in [6.45, 7) is 4.05. The molecule has 0 amide bonds. The van der Waals surface area contributed by atoms with Crippen LogP contribution in [0.2, 0.25) is 0 Å². The van der Waals surface area contributed by atoms with E-state index in [9.17, 15) is 0 Å². The predicted molar refractivity (Wildman–Crippen MR) is 84.7 cm³/mol. The number of nitrogens with one attached hydrogen (secondary N) is 1. The quantitative estimate of drug-likeness (QED) is 0.912. The standard InChI is InChI=1S/C17H19N3/c1-12-5-7-16(10-17(12)20(3)4)19-15-8-6-14(11-18)13(2)9-15/h5-10,19H,1-4H3. The van der Waals surface area contributed by atoms with E-state index in [1.54, 1.807) is 0 Å². The molecule has 2 aromatic rings. The van der Waals surface area contributed by atoms with E-state index in [0.717, 1.165) is 16.9 Å². The number of hydrogen-bond acceptors (Lipinski definition) is 3. The van der Waals surface area contributed by atoms with Gasteiger partial charge in [-0.25, -0.2) is 0 Å². The summed E-state index contributed by atoms with van der Waals surface area (Å²) in [4.78, 5) is 2.10. The third-order valence-corrected chi connectivity index (χ3v) is 3.33. The van der Waals surface area contributed by atoms with E-state index < -0.39 is 0 Å². The molecule has 0 aliphatic carbocycles. The molecule has 3 nitrogen and oxygen atoms in total. The summed E-state index contributed by atoms with van der Waals surface area (Å²) in [5, 5.41) is 12.3. The highest BCUT2D eigenvalue weighted by molar-refractivity contribution is 5.68. The molecule has 102 valence electrons. The van der Waals surface area contributed by atoms with Gasteiger partial charge >= 0.3 is 0 Å². The second-order valence-electron chi connectivity index (χ2n) is 5.16. The molecule has 0 spiro atoms. The van der Waals surface area contributed by atoms with E-state index in [4.69, 9.17) is 5.26 Å². The second-order valence-corrected chi connectivity index (χ2v) is 5.16. The van der Waals surface area contributed by atoms with Crippen molar-refractivity contribution < 1.29 is 0 Å². The minimum atomic E-state index is 0.716. The van der Waals surface area contributed by atoms with Crippen LogP contribution in [0.15, 0.2) is 36.4 Å². The Balaban J connectivity index is 2.29. The van der Waals surface area contributed by atoms with Crippen LogP contribution in [0.4, 0.5) is 17.1 Å². The van der Waals surface area contributed by atoms with Gasteiger partial charge in [-0.15, -0.1) is 0 Å². The minimum absolute atomic E-state index is 0.716. The molecule has 0 saturated heterocycles. The van der Waals surface area contributed by atoms with Crippen molar-refractivity contribution in [2.75, 3.05) is 24.3 Å². The Labute approximate surface area is 120 Å². The Hall–Kier alpha value is -2.47. The van der Waals surface area contributed by atoms with E-state index in [2.05, 4.69) is 41.4 Å². The number of rotatable bonds is 3. The Morgan fingerprint density at radius 1 is 0.950 bits per heavy atom. The average molecular weight is 265 g/mol. The maximum absolute atomic E-state index is 8.95. The topological polar surface area (TPSA) is 39.1 Å². The highest BCUT2D eigenvalue weighted by Crippen LogP contribution is 2.25. The number of nitrogens with zero attached hydrogens (tertiary/aromatic N) is 2. The smallest absolute Gasteiger partial charge is 0.0994 e. The average Bonchev–Trinajstić information content (AvgIpc) is 2.41. The fourth-order valence-corrected chi connectivity index (χ4v) is 2.20. The maximum Gasteiger partial charge on any atom is 0.0994 e. The van der Waals surface area contributed by atoms with E-state index in [-0.39, 0.29) is 0 Å². The SMILES string of the molecule is Cc1cc(Nc2ccc(C)c(N(C)C)c2)ccc1C#N. The summed E-state index contributed by atoms with van der Waals surface area (Å²) in [6.07, 6.45) is 0. The van der Waals surface area contributed by atoms with Crippen molar-refractivity contribution in [3.8, 4) is 6.07 Å². The van der Waals surface area contributed by atoms with Crippen LogP contribution in [0.5, 0.6) is 0 Å². The van der Waals surface area contributed by atoms with Crippen molar-refractivity contribution in [1.29, 1.82) is 5.26 Å². The summed E-state index contributed by atoms with van der Waals surface area (Å²) in [5.74, 6) is 0. The third kappa shape index (κ3) is 2.92. The summed E-state index contributed by atoms with van der Waals surface area (Å²) < 4.78 is 0. The van der Waals surface area contributed by atoms with Crippen LogP contribution in [0.25, 0.3) is 0 Å². The molecule has 0 aliphatic heterocycles. The lowest BCUT2D eigenvalue weighted by Gasteiger charge is -2.17. The Kier molecular flexibility index (Phi) is 3.95. The second kappa shape index (κ2) is 5.66. The van der Waals surface area contributed by atoms with Crippen LogP contribution >= 0.6 is 0 Å². The molecular formula is C17H19N3. The zero-order valence-corrected chi connectivity index (χ0v) is 12.4. The van der Waals surface area contributed by atoms with Gasteiger partial charge in [-0.3, -0.25) is 0 Å². The largest absolute Gasteiger partial charge is 0.377 e. The molecule has 0 radical (unpaired) electrons.